The molecule has 0 bridgehead atoms. The Morgan fingerprint density at radius 2 is 0.672 bits per heavy atom. The van der Waals surface area contributed by atoms with E-state index in [1.165, 1.54) is 4.57 Å². The number of anilines is 6. The van der Waals surface area contributed by atoms with Crippen molar-refractivity contribution in [2.75, 3.05) is 9.80 Å². The molecule has 3 nitrogen and oxygen atoms in total. The molecule has 0 amide bonds. The lowest BCUT2D eigenvalue weighted by atomic mass is 9.33. The number of benzene rings is 13. The summed E-state index contributed by atoms with van der Waals surface area (Å²) in [5, 5.41) is -0.519. The number of para-hydroxylation sites is 2. The van der Waals surface area contributed by atoms with E-state index in [-0.39, 0.29) is 130 Å². The van der Waals surface area contributed by atoms with Gasteiger partial charge in [0.15, 0.2) is 0 Å². The van der Waals surface area contributed by atoms with Gasteiger partial charge in [-0.3, -0.25) is 0 Å². The molecule has 622 valence electrons. The van der Waals surface area contributed by atoms with Gasteiger partial charge in [0, 0.05) is 55.8 Å². The Kier molecular flexibility index (Phi) is 14.9. The summed E-state index contributed by atoms with van der Waals surface area (Å²) in [5.74, 6) is 0. The highest BCUT2D eigenvalue weighted by Gasteiger charge is 2.48. The summed E-state index contributed by atoms with van der Waals surface area (Å²) >= 11 is 0. The Morgan fingerprint density at radius 3 is 1.16 bits per heavy atom. The summed E-state index contributed by atoms with van der Waals surface area (Å²) in [6, 6.07) is 29.5. The van der Waals surface area contributed by atoms with Gasteiger partial charge in [-0.05, 0) is 231 Å². The zero-order chi connectivity index (χ0) is 107. The quantitative estimate of drug-likeness (QED) is 0.133. The van der Waals surface area contributed by atoms with Gasteiger partial charge in [-0.1, -0.05) is 401 Å². The smallest absolute Gasteiger partial charge is 0.252 e. The van der Waals surface area contributed by atoms with Crippen LogP contribution in [0.3, 0.4) is 0 Å². The zero-order valence-corrected chi connectivity index (χ0v) is 77.5. The molecule has 0 unspecified atom stereocenters. The normalized spacial score (nSPS) is 16.3. The van der Waals surface area contributed by atoms with Crippen LogP contribution in [0.15, 0.2) is 254 Å². The zero-order valence-electron chi connectivity index (χ0n) is 99.5. The Balaban J connectivity index is 1.32. The Morgan fingerprint density at radius 1 is 0.246 bits per heavy atom. The third-order valence-corrected chi connectivity index (χ3v) is 24.5. The van der Waals surface area contributed by atoms with Crippen molar-refractivity contribution >= 4 is 79.0 Å². The van der Waals surface area contributed by atoms with Crippen LogP contribution < -0.4 is 26.2 Å². The number of hydrogen-bond acceptors (Lipinski definition) is 2. The lowest BCUT2D eigenvalue weighted by Gasteiger charge is -2.46. The fraction of sp³-hybridized carbons (Fsp3) is 0.339. The van der Waals surface area contributed by atoms with E-state index in [1.54, 1.807) is 32.9 Å². The van der Waals surface area contributed by atoms with Crippen LogP contribution in [0.4, 0.5) is 34.1 Å². The molecule has 13 aromatic carbocycles. The van der Waals surface area contributed by atoms with Gasteiger partial charge in [0.1, 0.15) is 0 Å². The average molecular weight is 1630 g/mol. The second kappa shape index (κ2) is 29.5. The topological polar surface area (TPSA) is 11.4 Å². The first kappa shape index (κ1) is 61.6. The lowest BCUT2D eigenvalue weighted by Crippen LogP contribution is -2.61. The second-order valence-electron chi connectivity index (χ2n) is 44.3. The fourth-order valence-electron chi connectivity index (χ4n) is 17.4. The lowest BCUT2D eigenvalue weighted by molar-refractivity contribution is 0.568. The highest BCUT2D eigenvalue weighted by Crippen LogP contribution is 2.59. The highest BCUT2D eigenvalue weighted by molar-refractivity contribution is 7.00. The van der Waals surface area contributed by atoms with Crippen LogP contribution in [0.25, 0.3) is 94.3 Å². The van der Waals surface area contributed by atoms with Crippen LogP contribution in [0.1, 0.15) is 294 Å². The van der Waals surface area contributed by atoms with Gasteiger partial charge in [-0.15, -0.1) is 0 Å². The molecule has 0 saturated heterocycles. The molecular formula is C118H132BN3. The summed E-state index contributed by atoms with van der Waals surface area (Å²) in [4.78, 5) is 4.02. The van der Waals surface area contributed by atoms with Crippen molar-refractivity contribution in [3.8, 4) is 72.4 Å². The molecule has 0 saturated carbocycles. The van der Waals surface area contributed by atoms with Crippen LogP contribution in [0.5, 0.6) is 0 Å². The predicted octanol–water partition coefficient (Wildman–Crippen LogP) is 31.8. The van der Waals surface area contributed by atoms with Crippen molar-refractivity contribution in [2.45, 2.75) is 262 Å². The number of rotatable bonds is 9. The molecular weight excluding hydrogens is 1470 g/mol. The van der Waals surface area contributed by atoms with Crippen LogP contribution in [-0.2, 0) is 54.1 Å². The summed E-state index contributed by atoms with van der Waals surface area (Å²) in [5.41, 5.74) is 4.08. The Bertz CT molecular complexity index is 7710. The van der Waals surface area contributed by atoms with E-state index in [0.29, 0.717) is 44.5 Å². The Hall–Kier alpha value is -10.7. The summed E-state index contributed by atoms with van der Waals surface area (Å²) < 4.78 is 230. The molecule has 0 N–H and O–H groups in total. The van der Waals surface area contributed by atoms with Crippen LogP contribution >= 0.6 is 0 Å². The van der Waals surface area contributed by atoms with E-state index >= 15 is 0 Å². The van der Waals surface area contributed by atoms with E-state index in [4.69, 9.17) is 1.37 Å². The van der Waals surface area contributed by atoms with Gasteiger partial charge in [0.05, 0.1) is 58.3 Å². The van der Waals surface area contributed by atoms with Crippen molar-refractivity contribution in [3.63, 3.8) is 0 Å². The van der Waals surface area contributed by atoms with Gasteiger partial charge in [0.25, 0.3) is 6.71 Å². The minimum absolute atomic E-state index is 0.0151. The van der Waals surface area contributed by atoms with Crippen molar-refractivity contribution in [3.05, 3.63) is 310 Å². The summed E-state index contributed by atoms with van der Waals surface area (Å²) in [6.45, 7) is 59.9. The fourth-order valence-corrected chi connectivity index (χ4v) is 17.4. The molecule has 0 atom stereocenters. The van der Waals surface area contributed by atoms with Crippen molar-refractivity contribution in [1.29, 1.82) is 0 Å². The first-order chi connectivity index (χ1) is 66.0. The number of nitrogens with zero attached hydrogens (tertiary/aromatic N) is 3. The maximum absolute atomic E-state index is 11.9. The monoisotopic (exact) mass is 1620 g/mol. The molecule has 3 heterocycles. The highest BCUT2D eigenvalue weighted by atomic mass is 15.2. The molecule has 0 aliphatic carbocycles. The Labute approximate surface area is 764 Å². The molecule has 1 aromatic heterocycles. The second-order valence-corrected chi connectivity index (χ2v) is 44.3. The molecule has 122 heavy (non-hydrogen) atoms. The number of fused-ring (bicyclic) bond motifs is 7. The van der Waals surface area contributed by atoms with Gasteiger partial charge in [-0.25, -0.2) is 0 Å². The molecule has 0 radical (unpaired) electrons. The molecule has 0 fully saturated rings. The molecule has 2 aliphatic rings. The maximum atomic E-state index is 11.9. The molecule has 2 aliphatic heterocycles. The summed E-state index contributed by atoms with van der Waals surface area (Å²) in [7, 11) is 0. The standard InChI is InChI=1S/C118H132BN3/c1-109(2,3)78-52-48-74(49-53-78)90-66-83(114(16,17)18)69-94(91-65-79(110(4,5)6)55-57-96(91)117(25,26)27)107(90)121-103-63-76(77-60-81(112(10,11)12)64-82(61-77)113(13,14)15)51-59-99(103)119-98-58-50-75(73-40-32-31-33-41-73)62-102(98)122(105-72-85(71-104(121)106(105)119)120-100-46-38-35-43-88(100)89-44-36-39-47-101(89)120)108-92(86-42-34-37-45-95(86)116(22,23)24)67-84(115(19,20)21)68-93(108)87-56-54-80(111(7,8)9)70-97(87)118(28,29)30/h31-72H,1-30H3/i31D,32D,33D,35D,36D,38D,39D,40D,41D,43D,44D,46D,47D,48D,49D,52D,53D,55D,57D,65D,66D,69D. The minimum Gasteiger partial charge on any atom is -0.310 e. The van der Waals surface area contributed by atoms with Crippen LogP contribution in [0, 0.1) is 0 Å². The number of hydrogen-bond donors (Lipinski definition) is 0. The first-order valence-electron chi connectivity index (χ1n) is 54.2. The molecule has 16 rings (SSSR count). The average Bonchev–Trinajstić information content (AvgIpc) is 1.03. The minimum atomic E-state index is -1.27. The number of aromatic nitrogens is 1. The van der Waals surface area contributed by atoms with Gasteiger partial charge in [-0.2, -0.15) is 0 Å². The molecule has 0 spiro atoms. The first-order valence-corrected chi connectivity index (χ1v) is 43.2. The van der Waals surface area contributed by atoms with Crippen molar-refractivity contribution in [2.24, 2.45) is 0 Å². The van der Waals surface area contributed by atoms with E-state index in [9.17, 15) is 28.8 Å². The van der Waals surface area contributed by atoms with E-state index in [2.05, 4.69) is 196 Å². The van der Waals surface area contributed by atoms with E-state index < -0.39 is 170 Å². The van der Waals surface area contributed by atoms with Crippen LogP contribution in [-0.4, -0.2) is 11.3 Å². The predicted molar refractivity (Wildman–Crippen MR) is 534 cm³/mol. The third kappa shape index (κ3) is 15.4. The van der Waals surface area contributed by atoms with Crippen molar-refractivity contribution in [1.82, 2.24) is 4.57 Å². The molecule has 14 aromatic rings. The van der Waals surface area contributed by atoms with Crippen molar-refractivity contribution < 1.29 is 30.2 Å². The SMILES string of the molecule is [2H]c1c([2H])c([2H])c(-c2ccc3c(c2)N(c2c(-c4ccccc4C(C)(C)C)cc(C(C)(C)C)cc2-c2ccc(C(C)(C)C)cc2C(C)(C)C)c2cc(-n4c5c([2H])c([2H])c([2H])c([2H])c5c5c([2H])c([2H])c([2H])c([2H])c54)cc4c2B3c2ccc(-c3cc(C(C)(C)C)cc(C(C)(C)C)c3)cc2N4c2c(-c3c([2H])c([2H])c(C(C)(C)C)c([2H])c3[2H])c([2H])c(C(C)(C)C)c([2H])c2-c2c([2H])c(C(C)(C)C)c([2H])c([2H])c2C(C)(C)C)c([2H])c1[2H]. The van der Waals surface area contributed by atoms with Crippen LogP contribution in [0.2, 0.25) is 0 Å². The van der Waals surface area contributed by atoms with Gasteiger partial charge in [0.2, 0.25) is 0 Å². The molecule has 4 heteroatoms. The van der Waals surface area contributed by atoms with Gasteiger partial charge < -0.3 is 14.4 Å². The van der Waals surface area contributed by atoms with E-state index in [0.717, 1.165) is 50.1 Å². The third-order valence-electron chi connectivity index (χ3n) is 24.5. The van der Waals surface area contributed by atoms with E-state index in [1.807, 2.05) is 110 Å². The maximum Gasteiger partial charge on any atom is 0.252 e. The largest absolute Gasteiger partial charge is 0.310 e. The van der Waals surface area contributed by atoms with Gasteiger partial charge >= 0.3 is 0 Å². The summed E-state index contributed by atoms with van der Waals surface area (Å²) in [6.07, 6.45) is 0.